The van der Waals surface area contributed by atoms with Crippen LogP contribution in [0.5, 0.6) is 0 Å². The minimum Gasteiger partial charge on any atom is -0.309 e. The number of aliphatic imine (C=N–C) groups is 1. The van der Waals surface area contributed by atoms with Gasteiger partial charge in [-0.25, -0.2) is 4.99 Å². The third-order valence-corrected chi connectivity index (χ3v) is 11.2. The highest BCUT2D eigenvalue weighted by Gasteiger charge is 2.18. The summed E-state index contributed by atoms with van der Waals surface area (Å²) < 4.78 is 5.07. The van der Waals surface area contributed by atoms with Gasteiger partial charge in [-0.3, -0.25) is 0 Å². The van der Waals surface area contributed by atoms with Crippen molar-refractivity contribution in [2.24, 2.45) is 4.99 Å². The Morgan fingerprint density at radius 3 is 2.14 bits per heavy atom. The van der Waals surface area contributed by atoms with Gasteiger partial charge < -0.3 is 4.57 Å². The molecular weight excluding hydrogens is 637 g/mol. The van der Waals surface area contributed by atoms with E-state index in [1.54, 1.807) is 0 Å². The zero-order chi connectivity index (χ0) is 34.5. The third kappa shape index (κ3) is 5.47. The number of aromatic nitrogens is 1. The van der Waals surface area contributed by atoms with Crippen LogP contribution in [0.15, 0.2) is 175 Å². The Hall–Kier alpha value is -6.03. The monoisotopic (exact) mass is 672 g/mol. The van der Waals surface area contributed by atoms with Gasteiger partial charge in [0.05, 0.1) is 22.4 Å². The summed E-state index contributed by atoms with van der Waals surface area (Å²) in [6.07, 6.45) is 0.679. The molecule has 9 rings (SSSR count). The molecular formula is C48H36N2S. The zero-order valence-electron chi connectivity index (χ0n) is 28.7. The minimum atomic E-state index is 0.679. The summed E-state index contributed by atoms with van der Waals surface area (Å²) in [6, 6.07) is 56.7. The van der Waals surface area contributed by atoms with Gasteiger partial charge in [0.15, 0.2) is 0 Å². The molecule has 0 amide bonds. The van der Waals surface area contributed by atoms with Crippen LogP contribution in [-0.2, 0) is 6.42 Å². The molecule has 2 nitrogen and oxygen atoms in total. The lowest BCUT2D eigenvalue weighted by Gasteiger charge is -2.16. The molecule has 3 heteroatoms. The first-order valence-corrected chi connectivity index (χ1v) is 18.3. The van der Waals surface area contributed by atoms with Crippen LogP contribution >= 0.6 is 11.3 Å². The standard InChI is InChI=1S/C48H36N2S/c1-31-15-7-12-22-43(31)49-48(34-16-5-4-6-17-34)33(3)27-35-18-8-9-19-37(35)41-30-45-42(28-32(41)2)38-20-10-13-23-44(38)50(45)36-25-26-40-39-21-11-14-24-46(39)51-47(40)29-36/h4-26,28-30H,3,27H2,1-2H3. The molecule has 9 aromatic rings. The molecule has 0 radical (unpaired) electrons. The van der Waals surface area contributed by atoms with Crippen LogP contribution in [0, 0.1) is 13.8 Å². The van der Waals surface area contributed by atoms with E-state index >= 15 is 0 Å². The molecule has 0 saturated heterocycles. The molecule has 51 heavy (non-hydrogen) atoms. The second kappa shape index (κ2) is 12.7. The Morgan fingerprint density at radius 1 is 0.569 bits per heavy atom. The Morgan fingerprint density at radius 2 is 1.27 bits per heavy atom. The fraction of sp³-hybridized carbons (Fsp3) is 0.0625. The molecule has 0 saturated carbocycles. The number of benzene rings is 7. The van der Waals surface area contributed by atoms with Crippen molar-refractivity contribution in [2.45, 2.75) is 20.3 Å². The zero-order valence-corrected chi connectivity index (χ0v) is 29.5. The van der Waals surface area contributed by atoms with Crippen molar-refractivity contribution < 1.29 is 0 Å². The van der Waals surface area contributed by atoms with Gasteiger partial charge in [-0.15, -0.1) is 11.3 Å². The predicted molar refractivity (Wildman–Crippen MR) is 221 cm³/mol. The molecule has 2 heterocycles. The smallest absolute Gasteiger partial charge is 0.0738 e. The highest BCUT2D eigenvalue weighted by molar-refractivity contribution is 7.25. The lowest BCUT2D eigenvalue weighted by molar-refractivity contribution is 1.18. The number of hydrogen-bond donors (Lipinski definition) is 0. The maximum Gasteiger partial charge on any atom is 0.0738 e. The van der Waals surface area contributed by atoms with E-state index in [0.29, 0.717) is 6.42 Å². The van der Waals surface area contributed by atoms with Crippen LogP contribution in [0.2, 0.25) is 0 Å². The topological polar surface area (TPSA) is 17.3 Å². The van der Waals surface area contributed by atoms with E-state index < -0.39 is 0 Å². The van der Waals surface area contributed by atoms with Crippen molar-refractivity contribution >= 4 is 64.7 Å². The molecule has 244 valence electrons. The number of para-hydroxylation sites is 2. The van der Waals surface area contributed by atoms with E-state index in [2.05, 4.69) is 171 Å². The molecule has 0 aliphatic heterocycles. The minimum absolute atomic E-state index is 0.679. The normalized spacial score (nSPS) is 12.0. The van der Waals surface area contributed by atoms with Gasteiger partial charge in [0.1, 0.15) is 0 Å². The predicted octanol–water partition coefficient (Wildman–Crippen LogP) is 13.4. The summed E-state index contributed by atoms with van der Waals surface area (Å²) in [5.41, 5.74) is 13.6. The van der Waals surface area contributed by atoms with Gasteiger partial charge in [0.25, 0.3) is 0 Å². The second-order valence-corrected chi connectivity index (χ2v) is 14.4. The SMILES string of the molecule is C=C(Cc1ccccc1-c1cc2c(cc1C)c1ccccc1n2-c1ccc2c(c1)sc1ccccc12)C(=Nc1ccccc1C)c1ccccc1. The maximum atomic E-state index is 5.20. The van der Waals surface area contributed by atoms with Crippen molar-refractivity contribution in [2.75, 3.05) is 0 Å². The van der Waals surface area contributed by atoms with Crippen LogP contribution in [0.25, 0.3) is 58.8 Å². The molecule has 0 N–H and O–H groups in total. The van der Waals surface area contributed by atoms with E-state index in [0.717, 1.165) is 28.1 Å². The highest BCUT2D eigenvalue weighted by atomic mass is 32.1. The fourth-order valence-corrected chi connectivity index (χ4v) is 8.69. The Labute approximate surface area is 302 Å². The Bertz CT molecular complexity index is 2810. The molecule has 0 spiro atoms. The first-order chi connectivity index (χ1) is 25.0. The first-order valence-electron chi connectivity index (χ1n) is 17.4. The Kier molecular flexibility index (Phi) is 7.71. The lowest BCUT2D eigenvalue weighted by Crippen LogP contribution is -2.07. The van der Waals surface area contributed by atoms with E-state index in [1.807, 2.05) is 23.5 Å². The summed E-state index contributed by atoms with van der Waals surface area (Å²) in [4.78, 5) is 5.20. The molecule has 7 aromatic carbocycles. The van der Waals surface area contributed by atoms with Crippen molar-refractivity contribution in [1.82, 2.24) is 4.57 Å². The van der Waals surface area contributed by atoms with Crippen LogP contribution in [0.1, 0.15) is 22.3 Å². The number of allylic oxidation sites excluding steroid dienone is 1. The number of hydrogen-bond acceptors (Lipinski definition) is 2. The number of aryl methyl sites for hydroxylation is 2. The summed E-state index contributed by atoms with van der Waals surface area (Å²) in [6.45, 7) is 9.00. The number of fused-ring (bicyclic) bond motifs is 6. The summed E-state index contributed by atoms with van der Waals surface area (Å²) >= 11 is 1.86. The van der Waals surface area contributed by atoms with Gasteiger partial charge in [-0.1, -0.05) is 122 Å². The lowest BCUT2D eigenvalue weighted by atomic mass is 9.90. The van der Waals surface area contributed by atoms with Crippen molar-refractivity contribution in [3.05, 3.63) is 192 Å². The number of thiophene rings is 1. The van der Waals surface area contributed by atoms with E-state index in [1.165, 1.54) is 69.9 Å². The average molecular weight is 673 g/mol. The molecule has 0 unspecified atom stereocenters. The van der Waals surface area contributed by atoms with Crippen molar-refractivity contribution in [3.8, 4) is 16.8 Å². The van der Waals surface area contributed by atoms with E-state index in [-0.39, 0.29) is 0 Å². The van der Waals surface area contributed by atoms with Gasteiger partial charge >= 0.3 is 0 Å². The summed E-state index contributed by atoms with van der Waals surface area (Å²) in [5.74, 6) is 0. The van der Waals surface area contributed by atoms with Gasteiger partial charge in [0, 0.05) is 42.2 Å². The highest BCUT2D eigenvalue weighted by Crippen LogP contribution is 2.40. The molecule has 0 atom stereocenters. The summed E-state index contributed by atoms with van der Waals surface area (Å²) in [5, 5.41) is 5.16. The second-order valence-electron chi connectivity index (χ2n) is 13.4. The molecule has 0 aliphatic carbocycles. The maximum absolute atomic E-state index is 5.20. The first kappa shape index (κ1) is 31.0. The quantitative estimate of drug-likeness (QED) is 0.150. The molecule has 0 bridgehead atoms. The van der Waals surface area contributed by atoms with E-state index in [4.69, 9.17) is 4.99 Å². The largest absolute Gasteiger partial charge is 0.309 e. The van der Waals surface area contributed by atoms with Crippen LogP contribution in [-0.4, -0.2) is 10.3 Å². The summed E-state index contributed by atoms with van der Waals surface area (Å²) in [7, 11) is 0. The van der Waals surface area contributed by atoms with Gasteiger partial charge in [-0.2, -0.15) is 0 Å². The fourth-order valence-electron chi connectivity index (χ4n) is 7.55. The van der Waals surface area contributed by atoms with Crippen molar-refractivity contribution in [1.29, 1.82) is 0 Å². The number of nitrogens with zero attached hydrogens (tertiary/aromatic N) is 2. The van der Waals surface area contributed by atoms with Crippen molar-refractivity contribution in [3.63, 3.8) is 0 Å². The molecule has 0 fully saturated rings. The Balaban J connectivity index is 1.18. The van der Waals surface area contributed by atoms with Crippen LogP contribution in [0.4, 0.5) is 5.69 Å². The van der Waals surface area contributed by atoms with Gasteiger partial charge in [-0.05, 0) is 96.1 Å². The van der Waals surface area contributed by atoms with Gasteiger partial charge in [0.2, 0.25) is 0 Å². The van der Waals surface area contributed by atoms with E-state index in [9.17, 15) is 0 Å². The third-order valence-electron chi connectivity index (χ3n) is 10.1. The van der Waals surface area contributed by atoms with Crippen LogP contribution < -0.4 is 0 Å². The molecule has 0 aliphatic rings. The van der Waals surface area contributed by atoms with Crippen LogP contribution in [0.3, 0.4) is 0 Å². The number of rotatable bonds is 7. The molecule has 2 aromatic heterocycles. The average Bonchev–Trinajstić information content (AvgIpc) is 3.69.